The van der Waals surface area contributed by atoms with Crippen molar-refractivity contribution in [2.24, 2.45) is 0 Å². The predicted octanol–water partition coefficient (Wildman–Crippen LogP) is 1.78. The Hall–Kier alpha value is -2.44. The van der Waals surface area contributed by atoms with Crippen molar-refractivity contribution in [3.8, 4) is 0 Å². The summed E-state index contributed by atoms with van der Waals surface area (Å²) in [5.41, 5.74) is 3.85. The molecule has 1 aromatic heterocycles. The number of aromatic amines is 1. The maximum atomic E-state index is 12.2. The maximum absolute atomic E-state index is 12.2. The number of rotatable bonds is 3. The van der Waals surface area contributed by atoms with Gasteiger partial charge in [0.15, 0.2) is 5.82 Å². The first-order chi connectivity index (χ1) is 12.7. The molecule has 134 valence electrons. The molecule has 4 rings (SSSR count). The molecule has 0 bridgehead atoms. The van der Waals surface area contributed by atoms with Crippen molar-refractivity contribution in [1.82, 2.24) is 20.5 Å². The van der Waals surface area contributed by atoms with E-state index in [2.05, 4.69) is 50.8 Å². The van der Waals surface area contributed by atoms with Gasteiger partial charge in [0.05, 0.1) is 12.2 Å². The van der Waals surface area contributed by atoms with Crippen molar-refractivity contribution in [2.45, 2.75) is 12.6 Å². The number of amides is 1. The van der Waals surface area contributed by atoms with Crippen LogP contribution in [0.5, 0.6) is 0 Å². The van der Waals surface area contributed by atoms with Gasteiger partial charge in [0, 0.05) is 31.9 Å². The maximum Gasteiger partial charge on any atom is 0.275 e. The first kappa shape index (κ1) is 17.0. The Morgan fingerprint density at radius 1 is 1.31 bits per heavy atom. The highest BCUT2D eigenvalue weighted by Gasteiger charge is 2.29. The van der Waals surface area contributed by atoms with Crippen molar-refractivity contribution < 1.29 is 4.79 Å². The smallest absolute Gasteiger partial charge is 0.275 e. The third-order valence-corrected chi connectivity index (χ3v) is 5.17. The lowest BCUT2D eigenvalue weighted by atomic mass is 9.98. The van der Waals surface area contributed by atoms with Gasteiger partial charge < -0.3 is 20.1 Å². The summed E-state index contributed by atoms with van der Waals surface area (Å²) in [5.74, 6) is 0.332. The number of anilines is 1. The minimum atomic E-state index is -0.183. The number of hydrogen-bond acceptors (Lipinski definition) is 5. The molecule has 1 saturated heterocycles. The minimum absolute atomic E-state index is 0.183. The molecule has 1 atom stereocenters. The van der Waals surface area contributed by atoms with Gasteiger partial charge in [-0.2, -0.15) is 0 Å². The number of H-pyrrole nitrogens is 1. The van der Waals surface area contributed by atoms with E-state index >= 15 is 0 Å². The molecular weight excluding hydrogens is 346 g/mol. The van der Waals surface area contributed by atoms with E-state index in [4.69, 9.17) is 12.2 Å². The normalized spacial score (nSPS) is 20.5. The highest BCUT2D eigenvalue weighted by atomic mass is 32.1. The molecule has 26 heavy (non-hydrogen) atoms. The van der Waals surface area contributed by atoms with Gasteiger partial charge in [-0.05, 0) is 41.5 Å². The highest BCUT2D eigenvalue weighted by molar-refractivity contribution is 7.78. The van der Waals surface area contributed by atoms with E-state index in [9.17, 15) is 4.79 Å². The Kier molecular flexibility index (Phi) is 4.61. The first-order valence-electron chi connectivity index (χ1n) is 8.68. The molecule has 1 amide bonds. The van der Waals surface area contributed by atoms with Crippen LogP contribution >= 0.6 is 12.2 Å². The number of aromatic nitrogens is 1. The second-order valence-electron chi connectivity index (χ2n) is 6.70. The number of benzene rings is 1. The zero-order valence-corrected chi connectivity index (χ0v) is 15.4. The zero-order chi connectivity index (χ0) is 18.1. The molecule has 1 unspecified atom stereocenters. The summed E-state index contributed by atoms with van der Waals surface area (Å²) >= 11 is 5.02. The average molecular weight is 367 g/mol. The Labute approximate surface area is 157 Å². The summed E-state index contributed by atoms with van der Waals surface area (Å²) < 4.78 is 0. The summed E-state index contributed by atoms with van der Waals surface area (Å²) in [4.78, 5) is 19.5. The number of thiocarbonyl (C=S) groups is 1. The summed E-state index contributed by atoms with van der Waals surface area (Å²) in [6.45, 7) is 3.62. The number of nitrogens with zero attached hydrogens (tertiary/aromatic N) is 2. The molecule has 1 aromatic carbocycles. The summed E-state index contributed by atoms with van der Waals surface area (Å²) in [6.07, 6.45) is 1.77. The average Bonchev–Trinajstić information content (AvgIpc) is 3.15. The van der Waals surface area contributed by atoms with Crippen molar-refractivity contribution in [3.63, 3.8) is 0 Å². The second kappa shape index (κ2) is 7.05. The predicted molar refractivity (Wildman–Crippen MR) is 105 cm³/mol. The lowest BCUT2D eigenvalue weighted by molar-refractivity contribution is 0.0957. The van der Waals surface area contributed by atoms with Crippen LogP contribution < -0.4 is 15.5 Å². The monoisotopic (exact) mass is 367 g/mol. The third kappa shape index (κ3) is 3.06. The molecule has 2 aliphatic heterocycles. The Balaban J connectivity index is 1.68. The van der Waals surface area contributed by atoms with Crippen LogP contribution in [0, 0.1) is 0 Å². The van der Waals surface area contributed by atoms with Crippen LogP contribution in [0.3, 0.4) is 0 Å². The van der Waals surface area contributed by atoms with Gasteiger partial charge in [-0.1, -0.05) is 24.3 Å². The van der Waals surface area contributed by atoms with E-state index in [1.165, 1.54) is 11.1 Å². The fourth-order valence-corrected chi connectivity index (χ4v) is 3.83. The van der Waals surface area contributed by atoms with Crippen LogP contribution in [0.4, 0.5) is 5.69 Å². The highest BCUT2D eigenvalue weighted by Crippen LogP contribution is 2.30. The molecule has 1 fully saturated rings. The van der Waals surface area contributed by atoms with Crippen LogP contribution in [-0.2, 0) is 6.54 Å². The zero-order valence-electron chi connectivity index (χ0n) is 14.6. The number of fused-ring (bicyclic) bond motifs is 1. The molecule has 2 aromatic rings. The van der Waals surface area contributed by atoms with Crippen molar-refractivity contribution in [2.75, 3.05) is 31.6 Å². The van der Waals surface area contributed by atoms with Gasteiger partial charge in [-0.3, -0.25) is 10.1 Å². The molecule has 0 spiro atoms. The molecule has 0 aliphatic carbocycles. The van der Waals surface area contributed by atoms with Gasteiger partial charge >= 0.3 is 0 Å². The number of likely N-dealkylation sites (N-methyl/N-ethyl adjacent to an activating group) is 1. The van der Waals surface area contributed by atoms with Crippen molar-refractivity contribution >= 4 is 28.8 Å². The Morgan fingerprint density at radius 2 is 2.15 bits per heavy atom. The number of piperazine rings is 1. The molecule has 3 heterocycles. The Morgan fingerprint density at radius 3 is 2.96 bits per heavy atom. The van der Waals surface area contributed by atoms with Crippen LogP contribution in [0.2, 0.25) is 0 Å². The van der Waals surface area contributed by atoms with Gasteiger partial charge in [0.1, 0.15) is 5.69 Å². The van der Waals surface area contributed by atoms with E-state index < -0.39 is 0 Å². The standard InChI is InChI=1S/C19H21N5OS/c1-23-9-8-20-15(11-23)14-5-3-2-4-13(14)10-24-16-6-7-21-18(16)19(25)22-17(24)12-26/h2-7,15,20-21H,8-11H2,1H3,(H,22,25). The van der Waals surface area contributed by atoms with Gasteiger partial charge in [0.2, 0.25) is 0 Å². The fourth-order valence-electron chi connectivity index (χ4n) is 3.66. The summed E-state index contributed by atoms with van der Waals surface area (Å²) in [7, 11) is 2.15. The van der Waals surface area contributed by atoms with Gasteiger partial charge in [-0.15, -0.1) is 0 Å². The molecule has 2 aliphatic rings. The second-order valence-corrected chi connectivity index (χ2v) is 6.90. The van der Waals surface area contributed by atoms with E-state index in [1.54, 1.807) is 6.20 Å². The molecule has 7 heteroatoms. The molecule has 6 nitrogen and oxygen atoms in total. The fraction of sp³-hybridized carbons (Fsp3) is 0.316. The number of nitrogens with one attached hydrogen (secondary N) is 3. The van der Waals surface area contributed by atoms with Crippen molar-refractivity contribution in [3.05, 3.63) is 59.2 Å². The third-order valence-electron chi connectivity index (χ3n) is 4.98. The van der Waals surface area contributed by atoms with Gasteiger partial charge in [0.25, 0.3) is 5.91 Å². The SMILES string of the molecule is CN1CCNC(c2ccccc2CN2C(=C=S)NC(=O)c3[nH]ccc32)C1. The molecule has 0 saturated carbocycles. The largest absolute Gasteiger partial charge is 0.355 e. The van der Waals surface area contributed by atoms with Crippen LogP contribution in [0.15, 0.2) is 42.3 Å². The van der Waals surface area contributed by atoms with E-state index in [0.29, 0.717) is 18.1 Å². The summed E-state index contributed by atoms with van der Waals surface area (Å²) in [5, 5.41) is 9.13. The summed E-state index contributed by atoms with van der Waals surface area (Å²) in [6, 6.07) is 10.6. The van der Waals surface area contributed by atoms with Crippen LogP contribution in [0.25, 0.3) is 0 Å². The van der Waals surface area contributed by atoms with Crippen molar-refractivity contribution in [1.29, 1.82) is 0 Å². The van der Waals surface area contributed by atoms with E-state index in [0.717, 1.165) is 25.3 Å². The molecule has 3 N–H and O–H groups in total. The van der Waals surface area contributed by atoms with E-state index in [-0.39, 0.29) is 11.9 Å². The topological polar surface area (TPSA) is 63.4 Å². The number of carbonyl (C=O) groups is 1. The van der Waals surface area contributed by atoms with Gasteiger partial charge in [-0.25, -0.2) is 0 Å². The molecular formula is C19H21N5OS. The molecule has 0 radical (unpaired) electrons. The minimum Gasteiger partial charge on any atom is -0.355 e. The quantitative estimate of drug-likeness (QED) is 0.722. The lowest BCUT2D eigenvalue weighted by Gasteiger charge is -2.34. The van der Waals surface area contributed by atoms with E-state index in [1.807, 2.05) is 17.0 Å². The number of carbonyl (C=O) groups excluding carboxylic acids is 1. The Bertz CT molecular complexity index is 886. The van der Waals surface area contributed by atoms with Crippen LogP contribution in [-0.4, -0.2) is 47.5 Å². The first-order valence-corrected chi connectivity index (χ1v) is 9.09. The van der Waals surface area contributed by atoms with Crippen LogP contribution in [0.1, 0.15) is 27.7 Å². The number of hydrogen-bond donors (Lipinski definition) is 3. The lowest BCUT2D eigenvalue weighted by Crippen LogP contribution is -2.44.